The third-order valence-corrected chi connectivity index (χ3v) is 9.34. The van der Waals surface area contributed by atoms with Crippen LogP contribution < -0.4 is 21.1 Å². The number of hydrogen-bond acceptors (Lipinski definition) is 14. The first-order valence-corrected chi connectivity index (χ1v) is 19.0. The fraction of sp³-hybridized carbons (Fsp3) is 0.593. The lowest BCUT2D eigenvalue weighted by atomic mass is 9.71. The van der Waals surface area contributed by atoms with E-state index in [0.29, 0.717) is 38.1 Å². The van der Waals surface area contributed by atoms with Gasteiger partial charge < -0.3 is 45.2 Å². The van der Waals surface area contributed by atoms with E-state index in [1.165, 1.54) is 43.2 Å². The highest BCUT2D eigenvalue weighted by Gasteiger charge is 2.37. The molecule has 1 fully saturated rings. The second-order valence-corrected chi connectivity index (χ2v) is 14.1. The van der Waals surface area contributed by atoms with Gasteiger partial charge in [-0.05, 0) is 47.9 Å². The molecule has 0 radical (unpaired) electrons. The highest BCUT2D eigenvalue weighted by atomic mass is 33.1. The van der Waals surface area contributed by atoms with Gasteiger partial charge in [0.1, 0.15) is 36.6 Å². The molecule has 5 N–H and O–H groups in total. The van der Waals surface area contributed by atoms with Gasteiger partial charge in [-0.15, -0.1) is 0 Å². The molecule has 0 bridgehead atoms. The number of nitrogens with two attached hydrogens (primary N) is 1. The van der Waals surface area contributed by atoms with Gasteiger partial charge in [0, 0.05) is 24.7 Å². The minimum atomic E-state index is -0.636. The average molecular weight is 687 g/mol. The van der Waals surface area contributed by atoms with Crippen LogP contribution in [0.15, 0.2) is 24.3 Å². The van der Waals surface area contributed by atoms with E-state index in [9.17, 15) is 20.0 Å². The monoisotopic (exact) mass is 686 g/mol. The van der Waals surface area contributed by atoms with E-state index in [1.54, 1.807) is 24.3 Å². The van der Waals surface area contributed by atoms with Crippen molar-refractivity contribution in [2.24, 2.45) is 5.73 Å². The van der Waals surface area contributed by atoms with Gasteiger partial charge in [0.25, 0.3) is 5.91 Å². The van der Waals surface area contributed by atoms with Crippen molar-refractivity contribution >= 4 is 62.3 Å². The lowest BCUT2D eigenvalue weighted by Crippen LogP contribution is -2.30. The normalized spacial score (nSPS) is 18.8. The highest BCUT2D eigenvalue weighted by molar-refractivity contribution is 8.77. The van der Waals surface area contributed by atoms with Crippen molar-refractivity contribution < 1.29 is 38.4 Å². The lowest BCUT2D eigenvalue weighted by molar-refractivity contribution is -0.126. The van der Waals surface area contributed by atoms with Crippen LogP contribution in [-0.2, 0) is 23.7 Å². The van der Waals surface area contributed by atoms with E-state index in [2.05, 4.69) is 28.4 Å². The average Bonchev–Trinajstić information content (AvgIpc) is 3.43. The number of carbonyl (C=O) groups is 2. The molecule has 2 rings (SSSR count). The molecule has 17 heteroatoms. The van der Waals surface area contributed by atoms with Crippen molar-refractivity contribution in [3.63, 3.8) is 0 Å². The fourth-order valence-corrected chi connectivity index (χ4v) is 6.46. The number of nitrogens with zero attached hydrogens (tertiary/aromatic N) is 1. The summed E-state index contributed by atoms with van der Waals surface area (Å²) in [6.45, 7) is 1.34. The summed E-state index contributed by atoms with van der Waals surface area (Å²) < 4.78 is 28.6. The number of nitrogens with one attached hydrogen (secondary N) is 2. The predicted molar refractivity (Wildman–Crippen MR) is 179 cm³/mol. The van der Waals surface area contributed by atoms with Crippen LogP contribution in [0.2, 0.25) is 0 Å². The number of benzene rings is 1. The summed E-state index contributed by atoms with van der Waals surface area (Å²) in [5.41, 5.74) is 5.00. The molecule has 12 nitrogen and oxygen atoms in total. The summed E-state index contributed by atoms with van der Waals surface area (Å²) in [6.07, 6.45) is 3.45. The van der Waals surface area contributed by atoms with E-state index in [-0.39, 0.29) is 68.9 Å². The van der Waals surface area contributed by atoms with Crippen molar-refractivity contribution in [1.82, 2.24) is 10.6 Å². The Kier molecular flexibility index (Phi) is 20.6. The molecule has 44 heavy (non-hydrogen) atoms. The predicted octanol–water partition coefficient (Wildman–Crippen LogP) is 0.991. The first kappa shape index (κ1) is 38.4. The number of ether oxygens (including phenoxy) is 5. The van der Waals surface area contributed by atoms with Gasteiger partial charge in [-0.1, -0.05) is 44.4 Å². The summed E-state index contributed by atoms with van der Waals surface area (Å²) in [5.74, 6) is 5.90. The van der Waals surface area contributed by atoms with Crippen molar-refractivity contribution in [3.05, 3.63) is 29.8 Å². The van der Waals surface area contributed by atoms with Crippen molar-refractivity contribution in [1.29, 1.82) is 5.26 Å². The largest absolute Gasteiger partial charge is 0.490 e. The third-order valence-electron chi connectivity index (χ3n) is 5.75. The van der Waals surface area contributed by atoms with Crippen LogP contribution in [-0.4, -0.2) is 118 Å². The van der Waals surface area contributed by atoms with Gasteiger partial charge in [-0.25, -0.2) is 0 Å². The number of aliphatic hydroxyl groups is 1. The van der Waals surface area contributed by atoms with Crippen molar-refractivity contribution in [2.45, 2.75) is 35.5 Å². The first-order chi connectivity index (χ1) is 21.4. The van der Waals surface area contributed by atoms with E-state index in [0.717, 1.165) is 0 Å². The molecule has 1 aromatic carbocycles. The molecule has 1 saturated heterocycles. The van der Waals surface area contributed by atoms with E-state index >= 15 is 0 Å². The smallest absolute Gasteiger partial charge is 0.251 e. The zero-order chi connectivity index (χ0) is 32.0. The van der Waals surface area contributed by atoms with Crippen LogP contribution in [0, 0.1) is 23.1 Å². The van der Waals surface area contributed by atoms with Crippen LogP contribution >= 0.6 is 43.2 Å². The maximum atomic E-state index is 12.1. The lowest BCUT2D eigenvalue weighted by Gasteiger charge is -2.19. The molecule has 2 amide bonds. The second kappa shape index (κ2) is 23.6. The van der Waals surface area contributed by atoms with Crippen molar-refractivity contribution in [2.75, 3.05) is 65.2 Å². The quantitative estimate of drug-likeness (QED) is 0.0474. The molecule has 1 aliphatic heterocycles. The number of rotatable bonds is 21. The number of amides is 2. The molecule has 0 saturated carbocycles. The summed E-state index contributed by atoms with van der Waals surface area (Å²) in [4.78, 5) is 24.2. The first-order valence-electron chi connectivity index (χ1n) is 13.8. The minimum absolute atomic E-state index is 0.127. The zero-order valence-corrected chi connectivity index (χ0v) is 28.0. The van der Waals surface area contributed by atoms with Crippen LogP contribution in [0.5, 0.6) is 5.75 Å². The Bertz CT molecular complexity index is 1110. The van der Waals surface area contributed by atoms with Gasteiger partial charge in [-0.3, -0.25) is 9.59 Å². The topological polar surface area (TPSA) is 174 Å². The highest BCUT2D eigenvalue weighted by Crippen LogP contribution is 2.30. The third kappa shape index (κ3) is 15.5. The Balaban J connectivity index is 1.61. The maximum Gasteiger partial charge on any atom is 0.251 e. The van der Waals surface area contributed by atoms with Gasteiger partial charge >= 0.3 is 0 Å². The molecule has 1 aliphatic rings. The van der Waals surface area contributed by atoms with E-state index < -0.39 is 11.5 Å². The number of nitriles is 1. The Morgan fingerprint density at radius 2 is 2.07 bits per heavy atom. The van der Waals surface area contributed by atoms with Gasteiger partial charge in [0.05, 0.1) is 32.5 Å². The molecule has 0 spiro atoms. The Morgan fingerprint density at radius 1 is 1.25 bits per heavy atom. The summed E-state index contributed by atoms with van der Waals surface area (Å²) in [5, 5.41) is 24.2. The summed E-state index contributed by atoms with van der Waals surface area (Å²) in [6, 6.07) is 8.75. The molecule has 0 aliphatic carbocycles. The van der Waals surface area contributed by atoms with Gasteiger partial charge in [-0.2, -0.15) is 11.1 Å². The molecular formula is C27H39BN4O8S4. The van der Waals surface area contributed by atoms with Crippen LogP contribution in [0.25, 0.3) is 0 Å². The fourth-order valence-electron chi connectivity index (χ4n) is 3.79. The molecule has 1 heterocycles. The van der Waals surface area contributed by atoms with Crippen LogP contribution in [0.4, 0.5) is 0 Å². The zero-order valence-electron chi connectivity index (χ0n) is 24.7. The van der Waals surface area contributed by atoms with Crippen molar-refractivity contribution in [3.8, 4) is 23.6 Å². The second-order valence-electron chi connectivity index (χ2n) is 8.95. The standard InChI is InChI=1S/C27H39BN4O8S4/c1-41-43-25(15-30)40-21-14-23(39-22(21)16-33)28-7-4-9-31-24(34)17-36-11-12-37-26(44-42-2)18-38-20-6-3-5-19(13-20)27(35)32-10-8-29/h3,5-6,13,21-23,25-26,28,33H,8-12,14,16-18,29H2,1-2H3,(H,31,34)(H,32,35)/t21-,22?,23-,25-,26?/m1/s1. The Hall–Kier alpha value is -1.77. The number of carbonyl (C=O) groups excluding carboxylic acids is 2. The molecule has 1 aromatic rings. The minimum Gasteiger partial charge on any atom is -0.490 e. The van der Waals surface area contributed by atoms with Gasteiger partial charge in [0.15, 0.2) is 5.44 Å². The molecule has 5 atom stereocenters. The maximum absolute atomic E-state index is 12.1. The summed E-state index contributed by atoms with van der Waals surface area (Å²) >= 11 is 0. The van der Waals surface area contributed by atoms with E-state index in [4.69, 9.17) is 29.4 Å². The Labute approximate surface area is 275 Å². The van der Waals surface area contributed by atoms with Crippen LogP contribution in [0.3, 0.4) is 0 Å². The SMILES string of the molecule is CSSC(COc1cccc(C(=O)NCCN)c1)OCCOCC(=O)NCC#CB[C@H]1C[C@@H](O[C@@H](C#N)SSC)C(CO)O1. The summed E-state index contributed by atoms with van der Waals surface area (Å²) in [7, 11) is 6.20. The van der Waals surface area contributed by atoms with E-state index in [1.807, 2.05) is 12.5 Å². The molecular weight excluding hydrogens is 647 g/mol. The Morgan fingerprint density at radius 3 is 2.80 bits per heavy atom. The van der Waals surface area contributed by atoms with Gasteiger partial charge in [0.2, 0.25) is 13.2 Å². The number of aliphatic hydroxyl groups excluding tert-OH is 1. The van der Waals surface area contributed by atoms with Crippen LogP contribution in [0.1, 0.15) is 16.8 Å². The number of hydrogen-bond donors (Lipinski definition) is 4. The molecule has 0 aromatic heterocycles. The molecule has 2 unspecified atom stereocenters. The molecule has 242 valence electrons.